The van der Waals surface area contributed by atoms with Crippen LogP contribution in [0.4, 0.5) is 5.69 Å². The Kier molecular flexibility index (Phi) is 3.92. The molecule has 0 saturated heterocycles. The summed E-state index contributed by atoms with van der Waals surface area (Å²) < 4.78 is 1.08. The number of anilines is 1. The molecule has 124 valence electrons. The van der Waals surface area contributed by atoms with Crippen LogP contribution in [0.1, 0.15) is 36.6 Å². The van der Waals surface area contributed by atoms with Crippen LogP contribution in [0.25, 0.3) is 0 Å². The first-order chi connectivity index (χ1) is 11.6. The van der Waals surface area contributed by atoms with Crippen LogP contribution in [0, 0.1) is 0 Å². The third-order valence-electron chi connectivity index (χ3n) is 4.72. The molecule has 2 aromatic carbocycles. The van der Waals surface area contributed by atoms with E-state index in [-0.39, 0.29) is 23.9 Å². The molecule has 0 aliphatic carbocycles. The quantitative estimate of drug-likeness (QED) is 0.726. The van der Waals surface area contributed by atoms with Crippen LogP contribution in [0.2, 0.25) is 0 Å². The van der Waals surface area contributed by atoms with Crippen molar-refractivity contribution < 1.29 is 5.11 Å². The van der Waals surface area contributed by atoms with Gasteiger partial charge in [0.05, 0.1) is 18.1 Å². The van der Waals surface area contributed by atoms with E-state index in [9.17, 15) is 5.11 Å². The molecule has 0 bridgehead atoms. The van der Waals surface area contributed by atoms with Crippen LogP contribution < -0.4 is 5.32 Å². The third kappa shape index (κ3) is 2.75. The topological polar surface area (TPSA) is 60.2 Å². The van der Waals surface area contributed by atoms with E-state index >= 15 is 0 Å². The lowest BCUT2D eigenvalue weighted by Crippen LogP contribution is -2.25. The molecule has 24 heavy (non-hydrogen) atoms. The van der Waals surface area contributed by atoms with Crippen molar-refractivity contribution >= 4 is 21.6 Å². The predicted molar refractivity (Wildman–Crippen MR) is 97.0 cm³/mol. The highest BCUT2D eigenvalue weighted by Gasteiger charge is 2.36. The summed E-state index contributed by atoms with van der Waals surface area (Å²) >= 11 is 3.60. The normalized spacial score (nSPS) is 25.1. The number of halogens is 1. The van der Waals surface area contributed by atoms with E-state index in [4.69, 9.17) is 0 Å². The Morgan fingerprint density at radius 2 is 1.96 bits per heavy atom. The second-order valence-electron chi connectivity index (χ2n) is 6.36. The van der Waals surface area contributed by atoms with E-state index < -0.39 is 0 Å². The first-order valence-corrected chi connectivity index (χ1v) is 8.93. The molecule has 0 amide bonds. The van der Waals surface area contributed by atoms with Crippen molar-refractivity contribution in [3.8, 4) is 5.75 Å². The molecule has 5 nitrogen and oxygen atoms in total. The monoisotopic (exact) mass is 386 g/mol. The lowest BCUT2D eigenvalue weighted by Gasteiger charge is -2.24. The van der Waals surface area contributed by atoms with Crippen LogP contribution in [0.3, 0.4) is 0 Å². The number of nitrogens with zero attached hydrogens (tertiary/aromatic N) is 3. The highest BCUT2D eigenvalue weighted by atomic mass is 79.9. The fraction of sp³-hybridized carbons (Fsp3) is 0.333. The van der Waals surface area contributed by atoms with Gasteiger partial charge in [0.1, 0.15) is 5.75 Å². The molecule has 0 aromatic heterocycles. The molecule has 3 atom stereocenters. The Morgan fingerprint density at radius 1 is 1.17 bits per heavy atom. The minimum Gasteiger partial charge on any atom is -0.508 e. The van der Waals surface area contributed by atoms with E-state index in [1.54, 1.807) is 12.1 Å². The number of fused-ring (bicyclic) bond motifs is 3. The molecule has 2 heterocycles. The number of aromatic hydroxyl groups is 1. The van der Waals surface area contributed by atoms with Crippen molar-refractivity contribution in [3.63, 3.8) is 0 Å². The Morgan fingerprint density at radius 3 is 2.75 bits per heavy atom. The number of hydrogen-bond acceptors (Lipinski definition) is 5. The fourth-order valence-electron chi connectivity index (χ4n) is 3.56. The second kappa shape index (κ2) is 6.09. The number of benzene rings is 2. The van der Waals surface area contributed by atoms with E-state index in [1.165, 1.54) is 11.1 Å². The number of nitrogens with one attached hydrogen (secondary N) is 1. The van der Waals surface area contributed by atoms with Gasteiger partial charge in [-0.1, -0.05) is 27.2 Å². The van der Waals surface area contributed by atoms with E-state index in [1.807, 2.05) is 12.1 Å². The summed E-state index contributed by atoms with van der Waals surface area (Å²) in [7, 11) is 0. The minimum atomic E-state index is 0.164. The zero-order valence-electron chi connectivity index (χ0n) is 13.4. The maximum atomic E-state index is 9.48. The zero-order valence-corrected chi connectivity index (χ0v) is 14.9. The first-order valence-electron chi connectivity index (χ1n) is 8.14. The first kappa shape index (κ1) is 15.4. The third-order valence-corrected chi connectivity index (χ3v) is 5.22. The van der Waals surface area contributed by atoms with Crippen molar-refractivity contribution in [2.45, 2.75) is 31.5 Å². The lowest BCUT2D eigenvalue weighted by molar-refractivity contribution is 0.227. The van der Waals surface area contributed by atoms with Crippen molar-refractivity contribution in [2.75, 3.05) is 11.9 Å². The van der Waals surface area contributed by atoms with Crippen LogP contribution in [-0.2, 0) is 0 Å². The minimum absolute atomic E-state index is 0.164. The predicted octanol–water partition coefficient (Wildman–Crippen LogP) is 4.82. The summed E-state index contributed by atoms with van der Waals surface area (Å²) in [5.41, 5.74) is 3.56. The molecule has 2 aliphatic heterocycles. The van der Waals surface area contributed by atoms with Crippen molar-refractivity contribution in [1.82, 2.24) is 5.01 Å². The van der Waals surface area contributed by atoms with Crippen molar-refractivity contribution in [3.05, 3.63) is 58.1 Å². The molecular weight excluding hydrogens is 368 g/mol. The van der Waals surface area contributed by atoms with Gasteiger partial charge < -0.3 is 10.4 Å². The summed E-state index contributed by atoms with van der Waals surface area (Å²) in [5.74, 6) is 0.277. The molecule has 0 spiro atoms. The average Bonchev–Trinajstić information content (AvgIpc) is 2.86. The molecule has 0 saturated carbocycles. The Bertz CT molecular complexity index is 777. The second-order valence-corrected chi connectivity index (χ2v) is 7.27. The molecule has 6 heteroatoms. The Labute approximate surface area is 149 Å². The van der Waals surface area contributed by atoms with Gasteiger partial charge in [-0.2, -0.15) is 5.11 Å². The van der Waals surface area contributed by atoms with Crippen molar-refractivity contribution in [2.24, 2.45) is 10.3 Å². The van der Waals surface area contributed by atoms with Gasteiger partial charge >= 0.3 is 0 Å². The molecule has 3 unspecified atom stereocenters. The number of rotatable bonds is 2. The van der Waals surface area contributed by atoms with Gasteiger partial charge in [-0.3, -0.25) is 5.01 Å². The maximum Gasteiger partial charge on any atom is 0.115 e. The van der Waals surface area contributed by atoms with E-state index in [2.05, 4.69) is 61.7 Å². The van der Waals surface area contributed by atoms with Gasteiger partial charge in [0.15, 0.2) is 0 Å². The molecular formula is C18H19BrN4O. The summed E-state index contributed by atoms with van der Waals surface area (Å²) in [4.78, 5) is 0. The Balaban J connectivity index is 1.72. The van der Waals surface area contributed by atoms with E-state index in [0.29, 0.717) is 0 Å². The maximum absolute atomic E-state index is 9.48. The molecule has 2 N–H and O–H groups in total. The van der Waals surface area contributed by atoms with Crippen LogP contribution in [0.15, 0.2) is 57.3 Å². The smallest absolute Gasteiger partial charge is 0.115 e. The van der Waals surface area contributed by atoms with Gasteiger partial charge in [-0.15, -0.1) is 0 Å². The standard InChI is InChI=1S/C18H19BrN4O/c1-11-18-15-7-2-12(19)10-16(15)17(8-9-23(18)22-21-11)20-13-3-5-14(24)6-4-13/h2-7,10-11,17-18,20,24H,8-9H2,1H3. The SMILES string of the molecule is CC1N=NN2CCC(Nc3ccc(O)cc3)c3cc(Br)ccc3C12. The highest BCUT2D eigenvalue weighted by molar-refractivity contribution is 9.10. The Hall–Kier alpha value is -2.08. The van der Waals surface area contributed by atoms with E-state index in [0.717, 1.165) is 23.1 Å². The van der Waals surface area contributed by atoms with Gasteiger partial charge in [-0.05, 0) is 60.9 Å². The molecule has 2 aromatic rings. The zero-order chi connectivity index (χ0) is 16.7. The molecule has 0 fully saturated rings. The number of hydrogen-bond donors (Lipinski definition) is 2. The molecule has 0 radical (unpaired) electrons. The van der Waals surface area contributed by atoms with Crippen molar-refractivity contribution in [1.29, 1.82) is 0 Å². The molecule has 2 aliphatic rings. The number of phenols is 1. The summed E-state index contributed by atoms with van der Waals surface area (Å²) in [5, 5.41) is 23.9. The average molecular weight is 387 g/mol. The van der Waals surface area contributed by atoms with Crippen LogP contribution >= 0.6 is 15.9 Å². The molecule has 4 rings (SSSR count). The summed E-state index contributed by atoms with van der Waals surface area (Å²) in [6.07, 6.45) is 0.937. The lowest BCUT2D eigenvalue weighted by atomic mass is 9.92. The summed E-state index contributed by atoms with van der Waals surface area (Å²) in [6.45, 7) is 2.98. The van der Waals surface area contributed by atoms with Gasteiger partial charge in [-0.25, -0.2) is 0 Å². The fourth-order valence-corrected chi connectivity index (χ4v) is 3.94. The summed E-state index contributed by atoms with van der Waals surface area (Å²) in [6, 6.07) is 14.2. The van der Waals surface area contributed by atoms with Gasteiger partial charge in [0.25, 0.3) is 0 Å². The van der Waals surface area contributed by atoms with Gasteiger partial charge in [0, 0.05) is 16.7 Å². The largest absolute Gasteiger partial charge is 0.508 e. The highest BCUT2D eigenvalue weighted by Crippen LogP contribution is 2.42. The van der Waals surface area contributed by atoms with Gasteiger partial charge in [0.2, 0.25) is 0 Å². The van der Waals surface area contributed by atoms with Crippen LogP contribution in [0.5, 0.6) is 5.75 Å². The van der Waals surface area contributed by atoms with Crippen LogP contribution in [-0.4, -0.2) is 22.7 Å². The number of phenolic OH excluding ortho intramolecular Hbond substituents is 1.